The maximum Gasteiger partial charge on any atom is 0.147 e. The van der Waals surface area contributed by atoms with Crippen LogP contribution in [0, 0.1) is 0 Å². The molecule has 1 unspecified atom stereocenters. The van der Waals surface area contributed by atoms with Crippen LogP contribution in [0.25, 0.3) is 0 Å². The second kappa shape index (κ2) is 6.48. The highest BCUT2D eigenvalue weighted by Gasteiger charge is 2.26. The molecular weight excluding hydrogens is 274 g/mol. The fourth-order valence-corrected chi connectivity index (χ4v) is 3.14. The highest BCUT2D eigenvalue weighted by molar-refractivity contribution is 5.47. The third-order valence-corrected chi connectivity index (χ3v) is 4.50. The van der Waals surface area contributed by atoms with E-state index in [0.29, 0.717) is 12.1 Å². The lowest BCUT2D eigenvalue weighted by atomic mass is 10.2. The summed E-state index contributed by atoms with van der Waals surface area (Å²) in [6.45, 7) is 7.39. The van der Waals surface area contributed by atoms with Gasteiger partial charge in [0.15, 0.2) is 0 Å². The van der Waals surface area contributed by atoms with Crippen molar-refractivity contribution in [2.24, 2.45) is 0 Å². The van der Waals surface area contributed by atoms with Crippen molar-refractivity contribution >= 4 is 5.69 Å². The first-order valence-electron chi connectivity index (χ1n) is 8.03. The fraction of sp³-hybridized carbons (Fsp3) is 0.529. The summed E-state index contributed by atoms with van der Waals surface area (Å²) in [5, 5.41) is 8.35. The van der Waals surface area contributed by atoms with Crippen LogP contribution in [0.5, 0.6) is 0 Å². The van der Waals surface area contributed by atoms with Gasteiger partial charge < -0.3 is 9.47 Å². The molecule has 1 aliphatic heterocycles. The molecule has 1 fully saturated rings. The quantitative estimate of drug-likeness (QED) is 0.850. The van der Waals surface area contributed by atoms with Gasteiger partial charge in [0.2, 0.25) is 0 Å². The molecule has 2 aromatic rings. The van der Waals surface area contributed by atoms with E-state index >= 15 is 0 Å². The lowest BCUT2D eigenvalue weighted by Crippen LogP contribution is -2.35. The summed E-state index contributed by atoms with van der Waals surface area (Å²) in [6, 6.07) is 11.6. The van der Waals surface area contributed by atoms with Crippen molar-refractivity contribution in [3.05, 3.63) is 42.5 Å². The molecule has 0 amide bonds. The van der Waals surface area contributed by atoms with Crippen LogP contribution < -0.4 is 4.90 Å². The second-order valence-corrected chi connectivity index (χ2v) is 6.39. The smallest absolute Gasteiger partial charge is 0.147 e. The molecular formula is C17H25N5. The molecule has 1 saturated heterocycles. The average molecular weight is 299 g/mol. The topological polar surface area (TPSA) is 37.2 Å². The van der Waals surface area contributed by atoms with Crippen LogP contribution in [-0.2, 0) is 6.54 Å². The van der Waals surface area contributed by atoms with Crippen molar-refractivity contribution in [3.63, 3.8) is 0 Å². The Morgan fingerprint density at radius 2 is 2.05 bits per heavy atom. The molecule has 0 aliphatic carbocycles. The lowest BCUT2D eigenvalue weighted by molar-refractivity contribution is 0.239. The molecule has 118 valence electrons. The lowest BCUT2D eigenvalue weighted by Gasteiger charge is -2.25. The number of hydrogen-bond donors (Lipinski definition) is 0. The van der Waals surface area contributed by atoms with Gasteiger partial charge in [-0.15, -0.1) is 10.2 Å². The number of nitrogens with zero attached hydrogens (tertiary/aromatic N) is 5. The number of aromatic nitrogens is 3. The molecule has 0 radical (unpaired) electrons. The number of hydrogen-bond acceptors (Lipinski definition) is 4. The summed E-state index contributed by atoms with van der Waals surface area (Å²) in [5.74, 6) is 1.05. The highest BCUT2D eigenvalue weighted by Crippen LogP contribution is 2.23. The predicted molar refractivity (Wildman–Crippen MR) is 88.9 cm³/mol. The molecule has 22 heavy (non-hydrogen) atoms. The average Bonchev–Trinajstić information content (AvgIpc) is 3.17. The van der Waals surface area contributed by atoms with Crippen LogP contribution >= 0.6 is 0 Å². The van der Waals surface area contributed by atoms with E-state index in [1.807, 2.05) is 6.33 Å². The Kier molecular flexibility index (Phi) is 4.43. The van der Waals surface area contributed by atoms with Crippen LogP contribution in [0.1, 0.15) is 32.1 Å². The van der Waals surface area contributed by atoms with Gasteiger partial charge in [-0.2, -0.15) is 0 Å². The van der Waals surface area contributed by atoms with Crippen molar-refractivity contribution in [2.45, 2.75) is 38.9 Å². The number of anilines is 1. The summed E-state index contributed by atoms with van der Waals surface area (Å²) in [7, 11) is 2.19. The zero-order valence-corrected chi connectivity index (χ0v) is 13.7. The first-order valence-corrected chi connectivity index (χ1v) is 8.03. The SMILES string of the molecule is CC(C)n1cnnc1CN(C)C1CCN(c2ccccc2)C1. The molecule has 0 N–H and O–H groups in total. The molecule has 0 spiro atoms. The van der Waals surface area contributed by atoms with Crippen molar-refractivity contribution < 1.29 is 0 Å². The Hall–Kier alpha value is -1.88. The highest BCUT2D eigenvalue weighted by atomic mass is 15.3. The molecule has 0 bridgehead atoms. The number of benzene rings is 1. The third kappa shape index (κ3) is 3.14. The Balaban J connectivity index is 1.62. The zero-order valence-electron chi connectivity index (χ0n) is 13.7. The summed E-state index contributed by atoms with van der Waals surface area (Å²) in [5.41, 5.74) is 1.32. The van der Waals surface area contributed by atoms with Gasteiger partial charge in [-0.25, -0.2) is 0 Å². The van der Waals surface area contributed by atoms with Gasteiger partial charge in [0.1, 0.15) is 12.2 Å². The van der Waals surface area contributed by atoms with E-state index in [0.717, 1.165) is 25.5 Å². The predicted octanol–water partition coefficient (Wildman–Crippen LogP) is 2.57. The molecule has 5 nitrogen and oxygen atoms in total. The Morgan fingerprint density at radius 3 is 2.77 bits per heavy atom. The van der Waals surface area contributed by atoms with Crippen molar-refractivity contribution in [3.8, 4) is 0 Å². The van der Waals surface area contributed by atoms with E-state index in [2.05, 4.69) is 75.8 Å². The summed E-state index contributed by atoms with van der Waals surface area (Å²) in [4.78, 5) is 4.88. The monoisotopic (exact) mass is 299 g/mol. The van der Waals surface area contributed by atoms with Gasteiger partial charge in [-0.05, 0) is 39.4 Å². The van der Waals surface area contributed by atoms with Gasteiger partial charge in [0.25, 0.3) is 0 Å². The molecule has 1 aliphatic rings. The number of likely N-dealkylation sites (N-methyl/N-ethyl adjacent to an activating group) is 1. The molecule has 2 heterocycles. The maximum atomic E-state index is 4.28. The van der Waals surface area contributed by atoms with Crippen molar-refractivity contribution in [2.75, 3.05) is 25.0 Å². The van der Waals surface area contributed by atoms with Crippen LogP contribution in [0.4, 0.5) is 5.69 Å². The minimum absolute atomic E-state index is 0.405. The van der Waals surface area contributed by atoms with Gasteiger partial charge >= 0.3 is 0 Å². The first-order chi connectivity index (χ1) is 10.6. The van der Waals surface area contributed by atoms with Gasteiger partial charge in [-0.3, -0.25) is 4.90 Å². The standard InChI is InChI=1S/C17H25N5/c1-14(2)22-13-18-19-17(22)12-20(3)16-9-10-21(11-16)15-7-5-4-6-8-15/h4-8,13-14,16H,9-12H2,1-3H3. The zero-order chi connectivity index (χ0) is 15.5. The fourth-order valence-electron chi connectivity index (χ4n) is 3.14. The molecule has 5 heteroatoms. The summed E-state index contributed by atoms with van der Waals surface area (Å²) < 4.78 is 2.15. The van der Waals surface area contributed by atoms with E-state index < -0.39 is 0 Å². The maximum absolute atomic E-state index is 4.28. The van der Waals surface area contributed by atoms with Crippen molar-refractivity contribution in [1.29, 1.82) is 0 Å². The Labute approximate surface area is 132 Å². The summed E-state index contributed by atoms with van der Waals surface area (Å²) >= 11 is 0. The number of para-hydroxylation sites is 1. The van der Waals surface area contributed by atoms with E-state index in [9.17, 15) is 0 Å². The third-order valence-electron chi connectivity index (χ3n) is 4.50. The minimum atomic E-state index is 0.405. The Morgan fingerprint density at radius 1 is 1.27 bits per heavy atom. The molecule has 1 aromatic carbocycles. The largest absolute Gasteiger partial charge is 0.370 e. The van der Waals surface area contributed by atoms with Crippen LogP contribution in [0.2, 0.25) is 0 Å². The molecule has 1 aromatic heterocycles. The van der Waals surface area contributed by atoms with Gasteiger partial charge in [-0.1, -0.05) is 18.2 Å². The first kappa shape index (κ1) is 15.0. The second-order valence-electron chi connectivity index (χ2n) is 6.39. The normalized spacial score (nSPS) is 18.6. The number of rotatable bonds is 5. The summed E-state index contributed by atoms with van der Waals surface area (Å²) in [6.07, 6.45) is 3.03. The molecule has 0 saturated carbocycles. The van der Waals surface area contributed by atoms with E-state index in [1.54, 1.807) is 0 Å². The van der Waals surface area contributed by atoms with Gasteiger partial charge in [0, 0.05) is 30.9 Å². The van der Waals surface area contributed by atoms with Crippen LogP contribution in [0.3, 0.4) is 0 Å². The van der Waals surface area contributed by atoms with E-state index in [-0.39, 0.29) is 0 Å². The minimum Gasteiger partial charge on any atom is -0.370 e. The van der Waals surface area contributed by atoms with Crippen LogP contribution in [0.15, 0.2) is 36.7 Å². The van der Waals surface area contributed by atoms with Gasteiger partial charge in [0.05, 0.1) is 6.54 Å². The van der Waals surface area contributed by atoms with E-state index in [1.165, 1.54) is 12.1 Å². The molecule has 1 atom stereocenters. The van der Waals surface area contributed by atoms with Crippen molar-refractivity contribution in [1.82, 2.24) is 19.7 Å². The Bertz CT molecular complexity index is 592. The molecule has 3 rings (SSSR count). The van der Waals surface area contributed by atoms with E-state index in [4.69, 9.17) is 0 Å². The van der Waals surface area contributed by atoms with Crippen LogP contribution in [-0.4, -0.2) is 45.8 Å².